The van der Waals surface area contributed by atoms with Crippen LogP contribution in [-0.2, 0) is 17.0 Å². The van der Waals surface area contributed by atoms with E-state index in [-0.39, 0.29) is 4.90 Å². The summed E-state index contributed by atoms with van der Waals surface area (Å²) in [5.41, 5.74) is -0.747. The summed E-state index contributed by atoms with van der Waals surface area (Å²) in [4.78, 5) is 0.238. The highest BCUT2D eigenvalue weighted by molar-refractivity contribution is 7.85. The second-order valence-corrected chi connectivity index (χ2v) is 5.87. The normalized spacial score (nSPS) is 17.7. The predicted molar refractivity (Wildman–Crippen MR) is 63.7 cm³/mol. The number of rotatable bonds is 5. The van der Waals surface area contributed by atoms with Crippen LogP contribution in [0.2, 0.25) is 0 Å². The molecule has 18 heavy (non-hydrogen) atoms. The fraction of sp³-hybridized carbons (Fsp3) is 0.500. The maximum atomic E-state index is 12.5. The molecule has 1 unspecified atom stereocenters. The first-order valence-corrected chi connectivity index (χ1v) is 7.08. The zero-order valence-electron chi connectivity index (χ0n) is 9.67. The van der Waals surface area contributed by atoms with Crippen molar-refractivity contribution in [3.63, 3.8) is 0 Å². The molecule has 0 bridgehead atoms. The molecular formula is C12H14F3NOS. The van der Waals surface area contributed by atoms with Gasteiger partial charge in [-0.1, -0.05) is 6.07 Å². The minimum atomic E-state index is -4.38. The molecule has 0 saturated heterocycles. The fourth-order valence-corrected chi connectivity index (χ4v) is 2.60. The third-order valence-corrected chi connectivity index (χ3v) is 4.08. The summed E-state index contributed by atoms with van der Waals surface area (Å²) >= 11 is 0. The Kier molecular flexibility index (Phi) is 4.07. The molecule has 1 aromatic carbocycles. The zero-order valence-corrected chi connectivity index (χ0v) is 10.5. The second-order valence-electron chi connectivity index (χ2n) is 4.30. The van der Waals surface area contributed by atoms with Crippen molar-refractivity contribution in [3.8, 4) is 0 Å². The predicted octanol–water partition coefficient (Wildman–Crippen LogP) is 2.57. The average molecular weight is 277 g/mol. The average Bonchev–Trinajstić information content (AvgIpc) is 3.12. The minimum Gasteiger partial charge on any atom is -0.313 e. The first-order valence-electron chi connectivity index (χ1n) is 5.76. The topological polar surface area (TPSA) is 29.1 Å². The molecule has 1 aliphatic rings. The van der Waals surface area contributed by atoms with Gasteiger partial charge in [-0.15, -0.1) is 0 Å². The highest BCUT2D eigenvalue weighted by atomic mass is 32.2. The lowest BCUT2D eigenvalue weighted by Crippen LogP contribution is -2.22. The summed E-state index contributed by atoms with van der Waals surface area (Å²) in [6.45, 7) is 0.577. The lowest BCUT2D eigenvalue weighted by Gasteiger charge is -2.08. The summed E-state index contributed by atoms with van der Waals surface area (Å²) in [5, 5.41) is 3.19. The quantitative estimate of drug-likeness (QED) is 0.896. The summed E-state index contributed by atoms with van der Waals surface area (Å²) in [5.74, 6) is 0.345. The molecule has 2 nitrogen and oxygen atoms in total. The summed E-state index contributed by atoms with van der Waals surface area (Å²) in [7, 11) is -1.38. The maximum absolute atomic E-state index is 12.5. The highest BCUT2D eigenvalue weighted by Crippen LogP contribution is 2.30. The van der Waals surface area contributed by atoms with Gasteiger partial charge in [0.15, 0.2) is 0 Å². The fourth-order valence-electron chi connectivity index (χ4n) is 1.58. The standard InChI is InChI=1S/C12H14F3NOS/c13-12(14,15)9-2-1-3-11(8-9)18(17)7-6-16-10-4-5-10/h1-3,8,10,16H,4-7H2. The molecule has 6 heteroatoms. The van der Waals surface area contributed by atoms with Crippen molar-refractivity contribution in [3.05, 3.63) is 29.8 Å². The van der Waals surface area contributed by atoms with Gasteiger partial charge in [-0.3, -0.25) is 4.21 Å². The zero-order chi connectivity index (χ0) is 13.2. The molecule has 0 radical (unpaired) electrons. The van der Waals surface area contributed by atoms with Gasteiger partial charge in [-0.05, 0) is 31.0 Å². The Morgan fingerprint density at radius 1 is 1.33 bits per heavy atom. The molecule has 1 aliphatic carbocycles. The summed E-state index contributed by atoms with van der Waals surface area (Å²) in [6, 6.07) is 5.24. The van der Waals surface area contributed by atoms with E-state index in [1.807, 2.05) is 0 Å². The van der Waals surface area contributed by atoms with Gasteiger partial charge in [-0.25, -0.2) is 0 Å². The lowest BCUT2D eigenvalue weighted by atomic mass is 10.2. The van der Waals surface area contributed by atoms with Crippen molar-refractivity contribution in [2.45, 2.75) is 30.0 Å². The van der Waals surface area contributed by atoms with Gasteiger partial charge in [0.1, 0.15) is 0 Å². The molecule has 1 aromatic rings. The Morgan fingerprint density at radius 3 is 2.67 bits per heavy atom. The Bertz CT molecular complexity index is 443. The number of nitrogens with one attached hydrogen (secondary N) is 1. The lowest BCUT2D eigenvalue weighted by molar-refractivity contribution is -0.137. The Morgan fingerprint density at radius 2 is 2.06 bits per heavy atom. The van der Waals surface area contributed by atoms with Gasteiger partial charge in [-0.2, -0.15) is 13.2 Å². The second kappa shape index (κ2) is 5.40. The molecule has 100 valence electrons. The van der Waals surface area contributed by atoms with E-state index in [0.29, 0.717) is 18.3 Å². The monoisotopic (exact) mass is 277 g/mol. The van der Waals surface area contributed by atoms with Gasteiger partial charge in [0.25, 0.3) is 0 Å². The molecule has 0 aliphatic heterocycles. The van der Waals surface area contributed by atoms with Gasteiger partial charge in [0.2, 0.25) is 0 Å². The molecule has 2 rings (SSSR count). The van der Waals surface area contributed by atoms with E-state index in [2.05, 4.69) is 5.32 Å². The molecule has 1 saturated carbocycles. The van der Waals surface area contributed by atoms with Crippen LogP contribution < -0.4 is 5.32 Å². The van der Waals surface area contributed by atoms with Gasteiger partial charge in [0, 0.05) is 23.2 Å². The van der Waals surface area contributed by atoms with Gasteiger partial charge < -0.3 is 5.32 Å². The summed E-state index contributed by atoms with van der Waals surface area (Å²) in [6.07, 6.45) is -2.11. The van der Waals surface area contributed by atoms with Crippen LogP contribution in [0, 0.1) is 0 Å². The van der Waals surface area contributed by atoms with Crippen molar-refractivity contribution in [1.82, 2.24) is 5.32 Å². The molecule has 0 spiro atoms. The number of benzene rings is 1. The van der Waals surface area contributed by atoms with E-state index in [1.54, 1.807) is 0 Å². The van der Waals surface area contributed by atoms with E-state index >= 15 is 0 Å². The van der Waals surface area contributed by atoms with E-state index in [9.17, 15) is 17.4 Å². The van der Waals surface area contributed by atoms with Gasteiger partial charge in [0.05, 0.1) is 16.4 Å². The smallest absolute Gasteiger partial charge is 0.313 e. The van der Waals surface area contributed by atoms with Crippen molar-refractivity contribution in [1.29, 1.82) is 0 Å². The highest BCUT2D eigenvalue weighted by Gasteiger charge is 2.30. The molecule has 0 amide bonds. The van der Waals surface area contributed by atoms with E-state index in [4.69, 9.17) is 0 Å². The van der Waals surface area contributed by atoms with E-state index < -0.39 is 22.5 Å². The minimum absolute atomic E-state index is 0.238. The SMILES string of the molecule is O=S(CCNC1CC1)c1cccc(C(F)(F)F)c1. The van der Waals surface area contributed by atoms with Crippen LogP contribution in [0.25, 0.3) is 0 Å². The Labute approximate surface area is 106 Å². The third-order valence-electron chi connectivity index (χ3n) is 2.72. The first kappa shape index (κ1) is 13.5. The maximum Gasteiger partial charge on any atom is 0.416 e. The van der Waals surface area contributed by atoms with Crippen LogP contribution in [0.15, 0.2) is 29.2 Å². The number of hydrogen-bond donors (Lipinski definition) is 1. The van der Waals surface area contributed by atoms with Crippen LogP contribution >= 0.6 is 0 Å². The first-order chi connectivity index (χ1) is 8.47. The van der Waals surface area contributed by atoms with Crippen molar-refractivity contribution >= 4 is 10.8 Å². The molecule has 1 N–H and O–H groups in total. The molecule has 0 heterocycles. The Hall–Kier alpha value is -0.880. The van der Waals surface area contributed by atoms with Crippen molar-refractivity contribution < 1.29 is 17.4 Å². The van der Waals surface area contributed by atoms with Crippen LogP contribution in [0.4, 0.5) is 13.2 Å². The van der Waals surface area contributed by atoms with E-state index in [1.165, 1.54) is 12.1 Å². The molecule has 0 aromatic heterocycles. The van der Waals surface area contributed by atoms with Crippen LogP contribution in [-0.4, -0.2) is 22.5 Å². The van der Waals surface area contributed by atoms with Crippen molar-refractivity contribution in [2.75, 3.05) is 12.3 Å². The van der Waals surface area contributed by atoms with Gasteiger partial charge >= 0.3 is 6.18 Å². The number of alkyl halides is 3. The Balaban J connectivity index is 1.96. The summed E-state index contributed by atoms with van der Waals surface area (Å²) < 4.78 is 49.3. The molecule has 1 atom stereocenters. The number of hydrogen-bond acceptors (Lipinski definition) is 2. The van der Waals surface area contributed by atoms with E-state index in [0.717, 1.165) is 25.0 Å². The largest absolute Gasteiger partial charge is 0.416 e. The number of halogens is 3. The van der Waals surface area contributed by atoms with Crippen LogP contribution in [0.1, 0.15) is 18.4 Å². The van der Waals surface area contributed by atoms with Crippen molar-refractivity contribution in [2.24, 2.45) is 0 Å². The van der Waals surface area contributed by atoms with Crippen LogP contribution in [0.3, 0.4) is 0 Å². The molecular weight excluding hydrogens is 263 g/mol. The third kappa shape index (κ3) is 3.81. The molecule has 1 fully saturated rings. The van der Waals surface area contributed by atoms with Crippen LogP contribution in [0.5, 0.6) is 0 Å².